The molecule has 0 saturated heterocycles. The van der Waals surface area contributed by atoms with Gasteiger partial charge < -0.3 is 20.9 Å². The van der Waals surface area contributed by atoms with Gasteiger partial charge in [-0.15, -0.1) is 0 Å². The van der Waals surface area contributed by atoms with Gasteiger partial charge in [0.1, 0.15) is 0 Å². The molecule has 1 unspecified atom stereocenters. The summed E-state index contributed by atoms with van der Waals surface area (Å²) < 4.78 is 5.05. The van der Waals surface area contributed by atoms with Crippen LogP contribution in [0.3, 0.4) is 0 Å². The van der Waals surface area contributed by atoms with Gasteiger partial charge in [0.2, 0.25) is 5.91 Å². The molecule has 4 N–H and O–H groups in total. The Bertz CT molecular complexity index is 165. The van der Waals surface area contributed by atoms with Crippen LogP contribution < -0.4 is 11.1 Å². The Kier molecular flexibility index (Phi) is 9.46. The van der Waals surface area contributed by atoms with Crippen LogP contribution in [0.1, 0.15) is 26.2 Å². The van der Waals surface area contributed by atoms with Crippen molar-refractivity contribution in [3.63, 3.8) is 0 Å². The van der Waals surface area contributed by atoms with E-state index in [-0.39, 0.29) is 5.91 Å². The molecular weight excluding hydrogens is 196 g/mol. The van der Waals surface area contributed by atoms with Crippen LogP contribution in [0.4, 0.5) is 0 Å². The smallest absolute Gasteiger partial charge is 0.217 e. The maximum absolute atomic E-state index is 10.4. The molecule has 0 aliphatic heterocycles. The number of nitrogens with one attached hydrogen (secondary N) is 1. The number of carbonyl (C=O) groups excluding carboxylic acids is 1. The maximum atomic E-state index is 10.4. The second kappa shape index (κ2) is 9.89. The third kappa shape index (κ3) is 11.3. The summed E-state index contributed by atoms with van der Waals surface area (Å²) in [5, 5.41) is 12.4. The van der Waals surface area contributed by atoms with Crippen LogP contribution in [0.5, 0.6) is 0 Å². The normalized spacial score (nSPS) is 12.7. The summed E-state index contributed by atoms with van der Waals surface area (Å²) in [5.41, 5.74) is 4.99. The molecule has 15 heavy (non-hydrogen) atoms. The van der Waals surface area contributed by atoms with E-state index in [2.05, 4.69) is 5.32 Å². The van der Waals surface area contributed by atoms with E-state index in [9.17, 15) is 9.90 Å². The van der Waals surface area contributed by atoms with Crippen molar-refractivity contribution < 1.29 is 14.6 Å². The van der Waals surface area contributed by atoms with Crippen molar-refractivity contribution in [1.29, 1.82) is 0 Å². The van der Waals surface area contributed by atoms with E-state index in [1.165, 1.54) is 0 Å². The number of nitrogens with two attached hydrogens (primary N) is 1. The van der Waals surface area contributed by atoms with E-state index in [4.69, 9.17) is 10.5 Å². The van der Waals surface area contributed by atoms with Crippen molar-refractivity contribution in [2.45, 2.75) is 32.3 Å². The topological polar surface area (TPSA) is 84.6 Å². The second-order valence-electron chi connectivity index (χ2n) is 3.44. The highest BCUT2D eigenvalue weighted by atomic mass is 16.5. The van der Waals surface area contributed by atoms with Gasteiger partial charge in [0.15, 0.2) is 0 Å². The molecule has 0 aromatic heterocycles. The van der Waals surface area contributed by atoms with Crippen molar-refractivity contribution in [2.24, 2.45) is 5.73 Å². The first-order valence-electron chi connectivity index (χ1n) is 5.41. The lowest BCUT2D eigenvalue weighted by Gasteiger charge is -2.11. The molecule has 0 rings (SSSR count). The fourth-order valence-corrected chi connectivity index (χ4v) is 1.13. The molecule has 1 amide bonds. The highest BCUT2D eigenvalue weighted by molar-refractivity contribution is 5.73. The molecule has 0 aliphatic rings. The summed E-state index contributed by atoms with van der Waals surface area (Å²) in [7, 11) is 0. The van der Waals surface area contributed by atoms with Crippen LogP contribution in [0.2, 0.25) is 0 Å². The Morgan fingerprint density at radius 2 is 2.27 bits per heavy atom. The summed E-state index contributed by atoms with van der Waals surface area (Å²) >= 11 is 0. The summed E-state index contributed by atoms with van der Waals surface area (Å²) in [6, 6.07) is 0. The molecule has 5 heteroatoms. The first-order chi connectivity index (χ1) is 7.16. The molecule has 90 valence electrons. The highest BCUT2D eigenvalue weighted by Gasteiger charge is 2.02. The van der Waals surface area contributed by atoms with Crippen LogP contribution in [0.25, 0.3) is 0 Å². The van der Waals surface area contributed by atoms with E-state index in [0.717, 1.165) is 19.4 Å². The standard InChI is InChI=1S/C10H22N2O3/c1-2-15-8-9(13)7-12-6-4-3-5-10(11)14/h9,12-13H,2-8H2,1H3,(H2,11,14). The minimum absolute atomic E-state index is 0.258. The number of unbranched alkanes of at least 4 members (excludes halogenated alkanes) is 1. The fraction of sp³-hybridized carbons (Fsp3) is 0.900. The summed E-state index contributed by atoms with van der Waals surface area (Å²) in [5.74, 6) is -0.258. The van der Waals surface area contributed by atoms with Crippen molar-refractivity contribution in [3.8, 4) is 0 Å². The molecule has 0 spiro atoms. The third-order valence-electron chi connectivity index (χ3n) is 1.92. The SMILES string of the molecule is CCOCC(O)CNCCCCC(N)=O. The fourth-order valence-electron chi connectivity index (χ4n) is 1.13. The van der Waals surface area contributed by atoms with E-state index < -0.39 is 6.10 Å². The minimum Gasteiger partial charge on any atom is -0.389 e. The molecule has 0 bridgehead atoms. The van der Waals surface area contributed by atoms with Crippen LogP contribution in [0, 0.1) is 0 Å². The van der Waals surface area contributed by atoms with E-state index in [1.54, 1.807) is 0 Å². The Labute approximate surface area is 91.0 Å². The zero-order chi connectivity index (χ0) is 11.5. The number of amides is 1. The highest BCUT2D eigenvalue weighted by Crippen LogP contribution is 1.92. The van der Waals surface area contributed by atoms with Gasteiger partial charge in [0, 0.05) is 19.6 Å². The average molecular weight is 218 g/mol. The molecule has 0 radical (unpaired) electrons. The van der Waals surface area contributed by atoms with Gasteiger partial charge in [-0.2, -0.15) is 0 Å². The Balaban J connectivity index is 3.12. The van der Waals surface area contributed by atoms with Crippen molar-refractivity contribution >= 4 is 5.91 Å². The van der Waals surface area contributed by atoms with Gasteiger partial charge in [-0.3, -0.25) is 4.79 Å². The summed E-state index contributed by atoms with van der Waals surface area (Å²) in [6.07, 6.45) is 1.67. The van der Waals surface area contributed by atoms with Gasteiger partial charge in [0.25, 0.3) is 0 Å². The van der Waals surface area contributed by atoms with Crippen LogP contribution in [-0.4, -0.2) is 43.4 Å². The van der Waals surface area contributed by atoms with Gasteiger partial charge in [0.05, 0.1) is 12.7 Å². The van der Waals surface area contributed by atoms with Crippen molar-refractivity contribution in [3.05, 3.63) is 0 Å². The number of primary amides is 1. The molecule has 5 nitrogen and oxygen atoms in total. The number of hydrogen-bond donors (Lipinski definition) is 3. The molecule has 0 heterocycles. The average Bonchev–Trinajstić information content (AvgIpc) is 2.19. The first-order valence-corrected chi connectivity index (χ1v) is 5.41. The van der Waals surface area contributed by atoms with Crippen LogP contribution >= 0.6 is 0 Å². The predicted octanol–water partition coefficient (Wildman–Crippen LogP) is -0.371. The monoisotopic (exact) mass is 218 g/mol. The van der Waals surface area contributed by atoms with Crippen LogP contribution in [0.15, 0.2) is 0 Å². The number of hydrogen-bond acceptors (Lipinski definition) is 4. The molecule has 0 aliphatic carbocycles. The summed E-state index contributed by atoms with van der Waals surface area (Å²) in [4.78, 5) is 10.4. The lowest BCUT2D eigenvalue weighted by Crippen LogP contribution is -2.31. The Morgan fingerprint density at radius 1 is 1.53 bits per heavy atom. The molecular formula is C10H22N2O3. The van der Waals surface area contributed by atoms with Gasteiger partial charge >= 0.3 is 0 Å². The molecule has 0 saturated carbocycles. The molecule has 0 aromatic rings. The van der Waals surface area contributed by atoms with E-state index in [0.29, 0.717) is 26.2 Å². The zero-order valence-corrected chi connectivity index (χ0v) is 9.37. The lowest BCUT2D eigenvalue weighted by molar-refractivity contribution is -0.118. The lowest BCUT2D eigenvalue weighted by atomic mass is 10.2. The molecule has 1 atom stereocenters. The minimum atomic E-state index is -0.457. The first kappa shape index (κ1) is 14.3. The van der Waals surface area contributed by atoms with E-state index in [1.807, 2.05) is 6.92 Å². The van der Waals surface area contributed by atoms with Crippen molar-refractivity contribution in [1.82, 2.24) is 5.32 Å². The van der Waals surface area contributed by atoms with Crippen molar-refractivity contribution in [2.75, 3.05) is 26.3 Å². The number of aliphatic hydroxyl groups excluding tert-OH is 1. The van der Waals surface area contributed by atoms with Gasteiger partial charge in [-0.05, 0) is 26.3 Å². The Hall–Kier alpha value is -0.650. The quantitative estimate of drug-likeness (QED) is 0.437. The second-order valence-corrected chi connectivity index (χ2v) is 3.44. The number of aliphatic hydroxyl groups is 1. The number of carbonyl (C=O) groups is 1. The zero-order valence-electron chi connectivity index (χ0n) is 9.37. The third-order valence-corrected chi connectivity index (χ3v) is 1.92. The Morgan fingerprint density at radius 3 is 2.87 bits per heavy atom. The van der Waals surface area contributed by atoms with Gasteiger partial charge in [-0.25, -0.2) is 0 Å². The maximum Gasteiger partial charge on any atom is 0.217 e. The molecule has 0 fully saturated rings. The predicted molar refractivity (Wildman–Crippen MR) is 58.4 cm³/mol. The van der Waals surface area contributed by atoms with Crippen LogP contribution in [-0.2, 0) is 9.53 Å². The largest absolute Gasteiger partial charge is 0.389 e. The number of rotatable bonds is 10. The van der Waals surface area contributed by atoms with Gasteiger partial charge in [-0.1, -0.05) is 0 Å². The molecule has 0 aromatic carbocycles. The summed E-state index contributed by atoms with van der Waals surface area (Å²) in [6.45, 7) is 4.19. The number of ether oxygens (including phenoxy) is 1. The van der Waals surface area contributed by atoms with E-state index >= 15 is 0 Å².